The quantitative estimate of drug-likeness (QED) is 0.132. The number of pyridine rings is 1. The number of nitrogens with one attached hydrogen (secondary N) is 2. The number of anilines is 3. The van der Waals surface area contributed by atoms with E-state index in [0.29, 0.717) is 30.1 Å². The van der Waals surface area contributed by atoms with E-state index >= 15 is 0 Å². The molecule has 0 aliphatic carbocycles. The maximum atomic E-state index is 13.2. The van der Waals surface area contributed by atoms with Gasteiger partial charge in [-0.05, 0) is 103 Å². The van der Waals surface area contributed by atoms with E-state index in [1.807, 2.05) is 109 Å². The zero-order valence-corrected chi connectivity index (χ0v) is 31.6. The smallest absolute Gasteiger partial charge is 0.410 e. The van der Waals surface area contributed by atoms with Gasteiger partial charge in [-0.15, -0.1) is 0 Å². The van der Waals surface area contributed by atoms with Gasteiger partial charge in [-0.2, -0.15) is 0 Å². The lowest BCUT2D eigenvalue weighted by Crippen LogP contribution is -2.43. The number of ether oxygens (including phenoxy) is 2. The molecule has 55 heavy (non-hydrogen) atoms. The third-order valence-electron chi connectivity index (χ3n) is 9.13. The lowest BCUT2D eigenvalue weighted by Gasteiger charge is -2.23. The van der Waals surface area contributed by atoms with Crippen LogP contribution in [0, 0.1) is 11.8 Å². The van der Waals surface area contributed by atoms with Gasteiger partial charge in [0.25, 0.3) is 0 Å². The Kier molecular flexibility index (Phi) is 11.5. The molecular weight excluding hydrogens is 709 g/mol. The van der Waals surface area contributed by atoms with Crippen LogP contribution in [0.2, 0.25) is 0 Å². The Bertz CT molecular complexity index is 2360. The summed E-state index contributed by atoms with van der Waals surface area (Å²) in [7, 11) is 1.65. The molecule has 276 valence electrons. The number of amides is 2. The van der Waals surface area contributed by atoms with Gasteiger partial charge in [0.1, 0.15) is 30.5 Å². The van der Waals surface area contributed by atoms with E-state index in [1.165, 1.54) is 11.2 Å². The second-order valence-corrected chi connectivity index (χ2v) is 14.4. The summed E-state index contributed by atoms with van der Waals surface area (Å²) < 4.78 is 10.8. The van der Waals surface area contributed by atoms with Gasteiger partial charge in [0, 0.05) is 38.8 Å². The number of methoxy groups -OCH3 is 1. The van der Waals surface area contributed by atoms with Gasteiger partial charge in [0.15, 0.2) is 5.65 Å². The lowest BCUT2D eigenvalue weighted by atomic mass is 10.1. The van der Waals surface area contributed by atoms with Crippen LogP contribution in [0.3, 0.4) is 0 Å². The number of fused-ring (bicyclic) bond motifs is 1. The van der Waals surface area contributed by atoms with Gasteiger partial charge < -0.3 is 20.1 Å². The maximum Gasteiger partial charge on any atom is 0.410 e. The van der Waals surface area contributed by atoms with Crippen LogP contribution in [-0.4, -0.2) is 51.5 Å². The molecule has 2 amide bonds. The van der Waals surface area contributed by atoms with Crippen molar-refractivity contribution in [2.24, 2.45) is 0 Å². The third-order valence-corrected chi connectivity index (χ3v) is 10.2. The van der Waals surface area contributed by atoms with Crippen molar-refractivity contribution in [1.29, 1.82) is 0 Å². The average Bonchev–Trinajstić information content (AvgIpc) is 3.72. The molecular formula is C44H40N6O4S. The minimum atomic E-state index is -0.592. The molecule has 2 N–H and O–H groups in total. The average molecular weight is 749 g/mol. The summed E-state index contributed by atoms with van der Waals surface area (Å²) >= 11 is 1.62. The first-order valence-electron chi connectivity index (χ1n) is 18.1. The zero-order chi connectivity index (χ0) is 38.1. The van der Waals surface area contributed by atoms with Crippen LogP contribution in [0.1, 0.15) is 55.0 Å². The first-order chi connectivity index (χ1) is 26.8. The molecule has 0 spiro atoms. The summed E-state index contributed by atoms with van der Waals surface area (Å²) in [4.78, 5) is 43.4. The van der Waals surface area contributed by atoms with Crippen molar-refractivity contribution >= 4 is 52.0 Å². The predicted molar refractivity (Wildman–Crippen MR) is 216 cm³/mol. The van der Waals surface area contributed by atoms with Crippen LogP contribution in [0.4, 0.5) is 22.0 Å². The number of benzene rings is 4. The van der Waals surface area contributed by atoms with Gasteiger partial charge in [-0.3, -0.25) is 9.69 Å². The summed E-state index contributed by atoms with van der Waals surface area (Å²) in [6.45, 7) is 4.85. The number of nitrogens with zero attached hydrogens (tertiary/aromatic N) is 4. The Morgan fingerprint density at radius 3 is 2.44 bits per heavy atom. The van der Waals surface area contributed by atoms with Crippen molar-refractivity contribution < 1.29 is 19.1 Å². The van der Waals surface area contributed by atoms with Crippen molar-refractivity contribution in [2.75, 3.05) is 24.3 Å². The normalized spacial score (nSPS) is 13.6. The highest BCUT2D eigenvalue weighted by atomic mass is 32.2. The van der Waals surface area contributed by atoms with Gasteiger partial charge in [0.05, 0.1) is 18.2 Å². The predicted octanol–water partition coefficient (Wildman–Crippen LogP) is 9.19. The Morgan fingerprint density at radius 2 is 1.67 bits per heavy atom. The van der Waals surface area contributed by atoms with E-state index in [9.17, 15) is 9.59 Å². The van der Waals surface area contributed by atoms with E-state index in [2.05, 4.69) is 46.3 Å². The molecule has 1 atom stereocenters. The van der Waals surface area contributed by atoms with Crippen molar-refractivity contribution in [1.82, 2.24) is 19.9 Å². The topological polar surface area (TPSA) is 119 Å². The highest BCUT2D eigenvalue weighted by molar-refractivity contribution is 7.99. The van der Waals surface area contributed by atoms with Crippen LogP contribution in [0.15, 0.2) is 125 Å². The monoisotopic (exact) mass is 748 g/mol. The minimum Gasteiger partial charge on any atom is -0.497 e. The SMILES string of the molecule is COc1ccc(Sc2ccc(C#Cc3ccc(NC(=O)[C@@H]4CCCN4C(=O)OCc4ccccc4)cc3)cc2Nc2ncnc3nc(C(C)C)ccc23)cc1. The Labute approximate surface area is 324 Å². The van der Waals surface area contributed by atoms with E-state index in [-0.39, 0.29) is 18.4 Å². The molecule has 1 aliphatic heterocycles. The van der Waals surface area contributed by atoms with Crippen molar-refractivity contribution in [3.05, 3.63) is 138 Å². The Hall–Kier alpha value is -6.38. The second-order valence-electron chi connectivity index (χ2n) is 13.3. The summed E-state index contributed by atoms with van der Waals surface area (Å²) in [5.74, 6) is 8.02. The van der Waals surface area contributed by atoms with Gasteiger partial charge >= 0.3 is 6.09 Å². The Balaban J connectivity index is 1.06. The number of carbonyl (C=O) groups is 2. The van der Waals surface area contributed by atoms with Crippen LogP contribution in [0.5, 0.6) is 5.75 Å². The fourth-order valence-electron chi connectivity index (χ4n) is 6.14. The number of carbonyl (C=O) groups excluding carboxylic acids is 2. The summed E-state index contributed by atoms with van der Waals surface area (Å²) in [5, 5.41) is 7.32. The molecule has 1 fully saturated rings. The van der Waals surface area contributed by atoms with Gasteiger partial charge in [-0.1, -0.05) is 67.8 Å². The first kappa shape index (κ1) is 37.0. The maximum absolute atomic E-state index is 13.2. The molecule has 0 unspecified atom stereocenters. The molecule has 11 heteroatoms. The fraction of sp³-hybridized carbons (Fsp3) is 0.205. The van der Waals surface area contributed by atoms with Crippen molar-refractivity contribution in [3.63, 3.8) is 0 Å². The van der Waals surface area contributed by atoms with Crippen LogP contribution in [-0.2, 0) is 16.1 Å². The second kappa shape index (κ2) is 17.2. The van der Waals surface area contributed by atoms with E-state index in [0.717, 1.165) is 55.4 Å². The fourth-order valence-corrected chi connectivity index (χ4v) is 7.02. The van der Waals surface area contributed by atoms with E-state index in [1.54, 1.807) is 18.9 Å². The molecule has 7 rings (SSSR count). The van der Waals surface area contributed by atoms with Crippen LogP contribution in [0.25, 0.3) is 11.0 Å². The van der Waals surface area contributed by atoms with Crippen LogP contribution < -0.4 is 15.4 Å². The number of likely N-dealkylation sites (tertiary alicyclic amines) is 1. The molecule has 1 saturated heterocycles. The molecule has 0 radical (unpaired) electrons. The third kappa shape index (κ3) is 9.23. The minimum absolute atomic E-state index is 0.160. The van der Waals surface area contributed by atoms with Crippen molar-refractivity contribution in [2.45, 2.75) is 55.0 Å². The first-order valence-corrected chi connectivity index (χ1v) is 18.9. The summed E-state index contributed by atoms with van der Waals surface area (Å²) in [6, 6.07) is 34.3. The molecule has 6 aromatic rings. The zero-order valence-electron chi connectivity index (χ0n) is 30.8. The summed E-state index contributed by atoms with van der Waals surface area (Å²) in [5.41, 5.74) is 5.54. The van der Waals surface area contributed by atoms with Crippen LogP contribution >= 0.6 is 11.8 Å². The molecule has 0 saturated carbocycles. The standard InChI is InChI=1S/C44H40N6O4S/c1-29(2)37-23-22-36-41(48-37)45-28-46-42(36)49-38-26-31(15-24-40(38)55-35-20-18-34(53-3)19-21-35)12-11-30-13-16-33(17-14-30)47-43(51)39-10-7-25-50(39)44(52)54-27-32-8-5-4-6-9-32/h4-6,8-9,13-24,26,28-29,39H,7,10,25,27H2,1-3H3,(H,47,51)(H,45,46,48,49)/t39-/m0/s1. The molecule has 1 aliphatic rings. The molecule has 2 aromatic heterocycles. The van der Waals surface area contributed by atoms with Gasteiger partial charge in [0.2, 0.25) is 5.91 Å². The number of rotatable bonds is 10. The molecule has 4 aromatic carbocycles. The molecule has 3 heterocycles. The number of hydrogen-bond donors (Lipinski definition) is 2. The largest absolute Gasteiger partial charge is 0.497 e. The van der Waals surface area contributed by atoms with E-state index in [4.69, 9.17) is 14.5 Å². The number of aromatic nitrogens is 3. The van der Waals surface area contributed by atoms with E-state index < -0.39 is 12.1 Å². The molecule has 0 bridgehead atoms. The molecule has 10 nitrogen and oxygen atoms in total. The highest BCUT2D eigenvalue weighted by Gasteiger charge is 2.35. The lowest BCUT2D eigenvalue weighted by molar-refractivity contribution is -0.120. The van der Waals surface area contributed by atoms with Crippen molar-refractivity contribution in [3.8, 4) is 17.6 Å². The summed E-state index contributed by atoms with van der Waals surface area (Å²) in [6.07, 6.45) is 2.35. The highest BCUT2D eigenvalue weighted by Crippen LogP contribution is 2.37. The number of hydrogen-bond acceptors (Lipinski definition) is 9. The Morgan fingerprint density at radius 1 is 0.909 bits per heavy atom. The van der Waals surface area contributed by atoms with Gasteiger partial charge in [-0.25, -0.2) is 19.7 Å².